The number of rotatable bonds is 4. The highest BCUT2D eigenvalue weighted by Crippen LogP contribution is 2.18. The van der Waals surface area contributed by atoms with Crippen LogP contribution in [0.2, 0.25) is 5.02 Å². The van der Waals surface area contributed by atoms with Crippen molar-refractivity contribution >= 4 is 40.0 Å². The van der Waals surface area contributed by atoms with Gasteiger partial charge in [0.1, 0.15) is 0 Å². The van der Waals surface area contributed by atoms with E-state index in [1.54, 1.807) is 16.3 Å². The monoisotopic (exact) mass is 384 g/mol. The summed E-state index contributed by atoms with van der Waals surface area (Å²) in [4.78, 5) is 20.1. The van der Waals surface area contributed by atoms with E-state index in [0.29, 0.717) is 17.4 Å². The molecule has 26 heavy (non-hydrogen) atoms. The summed E-state index contributed by atoms with van der Waals surface area (Å²) >= 11 is 7.47. The second-order valence-electron chi connectivity index (χ2n) is 5.62. The lowest BCUT2D eigenvalue weighted by Gasteiger charge is -2.06. The Morgan fingerprint density at radius 1 is 1.23 bits per heavy atom. The Bertz CT molecular complexity index is 1060. The number of urea groups is 1. The Morgan fingerprint density at radius 3 is 2.92 bits per heavy atom. The third-order valence-corrected chi connectivity index (χ3v) is 4.67. The summed E-state index contributed by atoms with van der Waals surface area (Å²) in [6.07, 6.45) is 0. The van der Waals surface area contributed by atoms with Crippen LogP contribution in [0.15, 0.2) is 59.4 Å². The van der Waals surface area contributed by atoms with E-state index in [1.165, 1.54) is 11.3 Å². The van der Waals surface area contributed by atoms with Crippen molar-refractivity contribution in [1.29, 1.82) is 0 Å². The van der Waals surface area contributed by atoms with Crippen molar-refractivity contribution < 1.29 is 9.47 Å². The van der Waals surface area contributed by atoms with Gasteiger partial charge in [0.2, 0.25) is 5.52 Å². The van der Waals surface area contributed by atoms with Gasteiger partial charge in [-0.3, -0.25) is 0 Å². The summed E-state index contributed by atoms with van der Waals surface area (Å²) in [7, 11) is 0. The summed E-state index contributed by atoms with van der Waals surface area (Å²) in [6.45, 7) is 0.376. The summed E-state index contributed by atoms with van der Waals surface area (Å²) in [5.41, 5.74) is 8.08. The van der Waals surface area contributed by atoms with Gasteiger partial charge in [0.05, 0.1) is 5.51 Å². The molecule has 4 rings (SSSR count). The van der Waals surface area contributed by atoms with Gasteiger partial charge in [-0.05, 0) is 29.8 Å². The van der Waals surface area contributed by atoms with Gasteiger partial charge in [-0.15, -0.1) is 16.0 Å². The van der Waals surface area contributed by atoms with Crippen molar-refractivity contribution in [3.8, 4) is 11.5 Å². The Balaban J connectivity index is 1.58. The number of fused-ring (bicyclic) bond motifs is 1. The van der Waals surface area contributed by atoms with Crippen LogP contribution in [0, 0.1) is 0 Å². The SMILES string of the molecule is O=C(NCc1cccc(Cl)c1)N[n+]1c(-c2cscn2)[nH]c2ccccc21. The second-order valence-corrected chi connectivity index (χ2v) is 6.78. The van der Waals surface area contributed by atoms with Gasteiger partial charge in [-0.25, -0.2) is 14.8 Å². The molecule has 4 aromatic rings. The van der Waals surface area contributed by atoms with Crippen molar-refractivity contribution in [3.05, 3.63) is 70.0 Å². The number of para-hydroxylation sites is 2. The number of H-pyrrole nitrogens is 1. The van der Waals surface area contributed by atoms with E-state index in [1.807, 2.05) is 47.8 Å². The highest BCUT2D eigenvalue weighted by atomic mass is 35.5. The fraction of sp³-hybridized carbons (Fsp3) is 0.0556. The van der Waals surface area contributed by atoms with Gasteiger partial charge in [0.25, 0.3) is 0 Å². The predicted octanol–water partition coefficient (Wildman–Crippen LogP) is 3.69. The van der Waals surface area contributed by atoms with Crippen molar-refractivity contribution in [2.24, 2.45) is 0 Å². The molecule has 130 valence electrons. The molecule has 0 saturated carbocycles. The van der Waals surface area contributed by atoms with E-state index in [9.17, 15) is 4.79 Å². The minimum absolute atomic E-state index is 0.323. The minimum Gasteiger partial charge on any atom is -0.331 e. The fourth-order valence-corrected chi connectivity index (χ4v) is 3.42. The molecule has 0 bridgehead atoms. The Kier molecular flexibility index (Phi) is 4.55. The first-order chi connectivity index (χ1) is 12.7. The number of carbonyl (C=O) groups is 1. The molecule has 0 aliphatic rings. The van der Waals surface area contributed by atoms with Crippen LogP contribution in [0.1, 0.15) is 5.56 Å². The molecule has 0 aliphatic heterocycles. The fourth-order valence-electron chi connectivity index (χ4n) is 2.67. The van der Waals surface area contributed by atoms with Crippen LogP contribution in [0.5, 0.6) is 0 Å². The normalized spacial score (nSPS) is 10.8. The molecule has 0 aliphatic carbocycles. The molecule has 2 amide bonds. The third kappa shape index (κ3) is 3.40. The number of carbonyl (C=O) groups excluding carboxylic acids is 1. The van der Waals surface area contributed by atoms with Crippen LogP contribution >= 0.6 is 22.9 Å². The number of aromatic amines is 1. The van der Waals surface area contributed by atoms with Crippen molar-refractivity contribution in [2.45, 2.75) is 6.54 Å². The Morgan fingerprint density at radius 2 is 2.12 bits per heavy atom. The highest BCUT2D eigenvalue weighted by molar-refractivity contribution is 7.07. The number of aromatic nitrogens is 3. The third-order valence-electron chi connectivity index (χ3n) is 3.85. The van der Waals surface area contributed by atoms with E-state index in [-0.39, 0.29) is 6.03 Å². The lowest BCUT2D eigenvalue weighted by Crippen LogP contribution is -2.52. The molecule has 0 saturated heterocycles. The topological polar surface area (TPSA) is 73.7 Å². The van der Waals surface area contributed by atoms with Gasteiger partial charge in [-0.2, -0.15) is 5.43 Å². The summed E-state index contributed by atoms with van der Waals surface area (Å²) in [6, 6.07) is 14.8. The smallest absolute Gasteiger partial charge is 0.331 e. The lowest BCUT2D eigenvalue weighted by atomic mass is 10.2. The van der Waals surface area contributed by atoms with E-state index in [4.69, 9.17) is 11.6 Å². The van der Waals surface area contributed by atoms with Crippen LogP contribution in [0.3, 0.4) is 0 Å². The van der Waals surface area contributed by atoms with Crippen LogP contribution in [0.4, 0.5) is 4.79 Å². The molecule has 2 heterocycles. The molecule has 8 heteroatoms. The van der Waals surface area contributed by atoms with E-state index in [2.05, 4.69) is 20.7 Å². The average Bonchev–Trinajstić information content (AvgIpc) is 3.28. The van der Waals surface area contributed by atoms with Crippen LogP contribution < -0.4 is 15.4 Å². The quantitative estimate of drug-likeness (QED) is 0.469. The number of hydrogen-bond donors (Lipinski definition) is 3. The molecule has 6 nitrogen and oxygen atoms in total. The summed E-state index contributed by atoms with van der Waals surface area (Å²) in [5, 5.41) is 5.40. The number of nitrogens with one attached hydrogen (secondary N) is 3. The molecular weight excluding hydrogens is 370 g/mol. The summed E-state index contributed by atoms with van der Waals surface area (Å²) < 4.78 is 1.71. The predicted molar refractivity (Wildman–Crippen MR) is 103 cm³/mol. The number of benzene rings is 2. The van der Waals surface area contributed by atoms with E-state index >= 15 is 0 Å². The van der Waals surface area contributed by atoms with Crippen LogP contribution in [-0.2, 0) is 6.54 Å². The maximum Gasteiger partial charge on any atom is 0.350 e. The first kappa shape index (κ1) is 16.6. The van der Waals surface area contributed by atoms with Crippen molar-refractivity contribution in [3.63, 3.8) is 0 Å². The number of thiazole rings is 1. The molecule has 0 spiro atoms. The number of amides is 2. The van der Waals surface area contributed by atoms with Gasteiger partial charge in [0.15, 0.2) is 11.2 Å². The maximum atomic E-state index is 12.4. The molecule has 0 radical (unpaired) electrons. The van der Waals surface area contributed by atoms with Gasteiger partial charge >= 0.3 is 11.9 Å². The number of halogens is 1. The lowest BCUT2D eigenvalue weighted by molar-refractivity contribution is -0.602. The number of imidazole rings is 1. The van der Waals surface area contributed by atoms with Crippen LogP contribution in [0.25, 0.3) is 22.6 Å². The maximum absolute atomic E-state index is 12.4. The standard InChI is InChI=1S/C18H14ClN5OS/c19-13-5-3-4-12(8-13)9-20-18(25)23-24-16-7-2-1-6-14(16)22-17(24)15-10-26-11-21-15/h1-8,10-11H,9H2,(H2,20,23,25)/p+1. The van der Waals surface area contributed by atoms with E-state index < -0.39 is 0 Å². The Labute approximate surface area is 158 Å². The molecule has 2 aromatic heterocycles. The first-order valence-corrected chi connectivity index (χ1v) is 9.23. The molecular formula is C18H15ClN5OS+. The zero-order chi connectivity index (χ0) is 17.9. The molecule has 0 atom stereocenters. The van der Waals surface area contributed by atoms with Crippen molar-refractivity contribution in [1.82, 2.24) is 15.3 Å². The van der Waals surface area contributed by atoms with E-state index in [0.717, 1.165) is 22.3 Å². The molecule has 2 aromatic carbocycles. The highest BCUT2D eigenvalue weighted by Gasteiger charge is 2.23. The minimum atomic E-state index is -0.323. The van der Waals surface area contributed by atoms with Gasteiger partial charge in [0, 0.05) is 16.9 Å². The van der Waals surface area contributed by atoms with Crippen LogP contribution in [-0.4, -0.2) is 16.0 Å². The molecule has 0 unspecified atom stereocenters. The van der Waals surface area contributed by atoms with Gasteiger partial charge < -0.3 is 5.32 Å². The largest absolute Gasteiger partial charge is 0.350 e. The Hall–Kier alpha value is -2.90. The first-order valence-electron chi connectivity index (χ1n) is 7.91. The second kappa shape index (κ2) is 7.15. The number of nitrogens with zero attached hydrogens (tertiary/aromatic N) is 2. The zero-order valence-electron chi connectivity index (χ0n) is 13.6. The average molecular weight is 385 g/mol. The molecule has 3 N–H and O–H groups in total. The summed E-state index contributed by atoms with van der Waals surface area (Å²) in [5.74, 6) is 0.713. The molecule has 0 fully saturated rings. The van der Waals surface area contributed by atoms with Crippen molar-refractivity contribution in [2.75, 3.05) is 5.43 Å². The number of hydrogen-bond acceptors (Lipinski definition) is 3. The van der Waals surface area contributed by atoms with Gasteiger partial charge in [-0.1, -0.05) is 35.9 Å². The zero-order valence-corrected chi connectivity index (χ0v) is 15.1.